The first-order chi connectivity index (χ1) is 9.65. The molecule has 2 fully saturated rings. The van der Waals surface area contributed by atoms with Crippen LogP contribution in [0.15, 0.2) is 22.7 Å². The molecule has 1 saturated carbocycles. The average molecular weight is 337 g/mol. The average Bonchev–Trinajstić information content (AvgIpc) is 2.90. The summed E-state index contributed by atoms with van der Waals surface area (Å²) < 4.78 is 1.23. The van der Waals surface area contributed by atoms with Crippen molar-refractivity contribution in [3.8, 4) is 0 Å². The SMILES string of the molecule is CCC1CNC2(CCCC2)CN1c1cccc(Br)c1C. The Labute approximate surface area is 131 Å². The molecule has 0 aromatic heterocycles. The molecule has 0 radical (unpaired) electrons. The fraction of sp³-hybridized carbons (Fsp3) is 0.647. The number of rotatable bonds is 2. The van der Waals surface area contributed by atoms with E-state index >= 15 is 0 Å². The van der Waals surface area contributed by atoms with Crippen molar-refractivity contribution in [2.24, 2.45) is 0 Å². The highest BCUT2D eigenvalue weighted by molar-refractivity contribution is 9.10. The number of piperazine rings is 1. The van der Waals surface area contributed by atoms with Crippen LogP contribution >= 0.6 is 15.9 Å². The summed E-state index contributed by atoms with van der Waals surface area (Å²) in [6.07, 6.45) is 6.65. The standard InChI is InChI=1S/C17H25BrN2/c1-3-14-11-19-17(9-4-5-10-17)12-20(14)16-8-6-7-15(18)13(16)2/h6-8,14,19H,3-5,9-12H2,1-2H3. The summed E-state index contributed by atoms with van der Waals surface area (Å²) >= 11 is 3.69. The summed E-state index contributed by atoms with van der Waals surface area (Å²) in [7, 11) is 0. The highest BCUT2D eigenvalue weighted by Gasteiger charge is 2.40. The van der Waals surface area contributed by atoms with Gasteiger partial charge in [0.2, 0.25) is 0 Å². The Bertz CT molecular complexity index is 480. The molecule has 1 saturated heterocycles. The largest absolute Gasteiger partial charge is 0.365 e. The normalized spacial score (nSPS) is 25.4. The van der Waals surface area contributed by atoms with Crippen LogP contribution in [-0.2, 0) is 0 Å². The zero-order valence-electron chi connectivity index (χ0n) is 12.6. The van der Waals surface area contributed by atoms with Gasteiger partial charge in [-0.2, -0.15) is 0 Å². The van der Waals surface area contributed by atoms with Crippen LogP contribution in [0.5, 0.6) is 0 Å². The number of nitrogens with zero attached hydrogens (tertiary/aromatic N) is 1. The topological polar surface area (TPSA) is 15.3 Å². The first kappa shape index (κ1) is 14.4. The molecule has 1 heterocycles. The Morgan fingerprint density at radius 1 is 1.35 bits per heavy atom. The molecule has 1 atom stereocenters. The molecule has 0 amide bonds. The first-order valence-corrected chi connectivity index (χ1v) is 8.71. The molecule has 20 heavy (non-hydrogen) atoms. The second kappa shape index (κ2) is 5.69. The highest BCUT2D eigenvalue weighted by Crippen LogP contribution is 2.37. The minimum absolute atomic E-state index is 0.375. The van der Waals surface area contributed by atoms with E-state index in [4.69, 9.17) is 0 Å². The van der Waals surface area contributed by atoms with Gasteiger partial charge in [-0.3, -0.25) is 0 Å². The van der Waals surface area contributed by atoms with E-state index in [1.807, 2.05) is 0 Å². The van der Waals surface area contributed by atoms with Gasteiger partial charge in [-0.15, -0.1) is 0 Å². The van der Waals surface area contributed by atoms with E-state index in [-0.39, 0.29) is 0 Å². The number of hydrogen-bond donors (Lipinski definition) is 1. The van der Waals surface area contributed by atoms with E-state index in [9.17, 15) is 0 Å². The Balaban J connectivity index is 1.92. The third-order valence-corrected chi connectivity index (χ3v) is 6.07. The minimum atomic E-state index is 0.375. The summed E-state index contributed by atoms with van der Waals surface area (Å²) in [4.78, 5) is 2.67. The van der Waals surface area contributed by atoms with E-state index in [0.717, 1.165) is 6.54 Å². The van der Waals surface area contributed by atoms with Gasteiger partial charge in [0, 0.05) is 34.8 Å². The molecule has 2 aliphatic rings. The lowest BCUT2D eigenvalue weighted by atomic mass is 9.91. The van der Waals surface area contributed by atoms with E-state index in [0.29, 0.717) is 11.6 Å². The van der Waals surface area contributed by atoms with Crippen molar-refractivity contribution in [3.63, 3.8) is 0 Å². The predicted octanol–water partition coefficient (Wildman–Crippen LogP) is 4.26. The second-order valence-corrected chi connectivity index (χ2v) is 7.30. The summed E-state index contributed by atoms with van der Waals surface area (Å²) in [5.74, 6) is 0. The van der Waals surface area contributed by atoms with Crippen LogP contribution in [0.25, 0.3) is 0 Å². The van der Waals surface area contributed by atoms with Gasteiger partial charge < -0.3 is 10.2 Å². The van der Waals surface area contributed by atoms with Gasteiger partial charge in [-0.1, -0.05) is 41.8 Å². The second-order valence-electron chi connectivity index (χ2n) is 6.44. The van der Waals surface area contributed by atoms with Crippen molar-refractivity contribution < 1.29 is 0 Å². The molecule has 1 spiro atoms. The Hall–Kier alpha value is -0.540. The van der Waals surface area contributed by atoms with Crippen LogP contribution in [0.1, 0.15) is 44.6 Å². The van der Waals surface area contributed by atoms with Crippen LogP contribution in [0, 0.1) is 6.92 Å². The summed E-state index contributed by atoms with van der Waals surface area (Å²) in [6.45, 7) is 6.83. The molecule has 1 unspecified atom stereocenters. The number of nitrogens with one attached hydrogen (secondary N) is 1. The van der Waals surface area contributed by atoms with Crippen LogP contribution in [0.4, 0.5) is 5.69 Å². The Morgan fingerprint density at radius 2 is 2.10 bits per heavy atom. The lowest BCUT2D eigenvalue weighted by Gasteiger charge is -2.48. The molecule has 1 aromatic carbocycles. The predicted molar refractivity (Wildman–Crippen MR) is 89.5 cm³/mol. The van der Waals surface area contributed by atoms with Crippen molar-refractivity contribution in [2.45, 2.75) is 57.5 Å². The zero-order valence-corrected chi connectivity index (χ0v) is 14.2. The zero-order chi connectivity index (χ0) is 14.2. The van der Waals surface area contributed by atoms with Gasteiger partial charge in [0.1, 0.15) is 0 Å². The lowest BCUT2D eigenvalue weighted by molar-refractivity contribution is 0.267. The maximum atomic E-state index is 3.88. The monoisotopic (exact) mass is 336 g/mol. The Morgan fingerprint density at radius 3 is 2.80 bits per heavy atom. The van der Waals surface area contributed by atoms with E-state index < -0.39 is 0 Å². The van der Waals surface area contributed by atoms with Crippen molar-refractivity contribution >= 4 is 21.6 Å². The van der Waals surface area contributed by atoms with Crippen molar-refractivity contribution in [3.05, 3.63) is 28.2 Å². The molecule has 1 aliphatic heterocycles. The minimum Gasteiger partial charge on any atom is -0.365 e. The van der Waals surface area contributed by atoms with Crippen LogP contribution in [0.2, 0.25) is 0 Å². The molecule has 2 nitrogen and oxygen atoms in total. The summed E-state index contributed by atoms with van der Waals surface area (Å²) in [5.41, 5.74) is 3.17. The fourth-order valence-electron chi connectivity index (χ4n) is 3.90. The highest BCUT2D eigenvalue weighted by atomic mass is 79.9. The molecule has 3 rings (SSSR count). The number of benzene rings is 1. The smallest absolute Gasteiger partial charge is 0.0413 e. The summed E-state index contributed by atoms with van der Waals surface area (Å²) in [5, 5.41) is 3.88. The van der Waals surface area contributed by atoms with Gasteiger partial charge in [-0.05, 0) is 43.9 Å². The van der Waals surface area contributed by atoms with Gasteiger partial charge in [0.15, 0.2) is 0 Å². The van der Waals surface area contributed by atoms with Crippen molar-refractivity contribution in [2.75, 3.05) is 18.0 Å². The maximum absolute atomic E-state index is 3.88. The number of halogens is 1. The van der Waals surface area contributed by atoms with Crippen LogP contribution in [0.3, 0.4) is 0 Å². The third-order valence-electron chi connectivity index (χ3n) is 5.21. The van der Waals surface area contributed by atoms with Crippen molar-refractivity contribution in [1.29, 1.82) is 0 Å². The van der Waals surface area contributed by atoms with Gasteiger partial charge in [0.25, 0.3) is 0 Å². The van der Waals surface area contributed by atoms with E-state index in [1.165, 1.54) is 54.4 Å². The molecular formula is C17H25BrN2. The molecular weight excluding hydrogens is 312 g/mol. The third kappa shape index (κ3) is 2.50. The van der Waals surface area contributed by atoms with E-state index in [2.05, 4.69) is 58.2 Å². The molecule has 3 heteroatoms. The fourth-order valence-corrected chi connectivity index (χ4v) is 4.25. The molecule has 1 aliphatic carbocycles. The van der Waals surface area contributed by atoms with Gasteiger partial charge >= 0.3 is 0 Å². The van der Waals surface area contributed by atoms with Crippen LogP contribution < -0.4 is 10.2 Å². The van der Waals surface area contributed by atoms with Gasteiger partial charge in [-0.25, -0.2) is 0 Å². The summed E-state index contributed by atoms with van der Waals surface area (Å²) in [6, 6.07) is 7.22. The van der Waals surface area contributed by atoms with E-state index in [1.54, 1.807) is 0 Å². The first-order valence-electron chi connectivity index (χ1n) is 7.92. The van der Waals surface area contributed by atoms with Crippen LogP contribution in [-0.4, -0.2) is 24.7 Å². The van der Waals surface area contributed by atoms with Gasteiger partial charge in [0.05, 0.1) is 0 Å². The Kier molecular flexibility index (Phi) is 4.09. The number of hydrogen-bond acceptors (Lipinski definition) is 2. The maximum Gasteiger partial charge on any atom is 0.0413 e. The molecule has 1 aromatic rings. The van der Waals surface area contributed by atoms with Crippen molar-refractivity contribution in [1.82, 2.24) is 5.32 Å². The molecule has 1 N–H and O–H groups in total. The quantitative estimate of drug-likeness (QED) is 0.867. The lowest BCUT2D eigenvalue weighted by Crippen LogP contribution is -2.63. The number of anilines is 1. The molecule has 0 bridgehead atoms. The molecule has 110 valence electrons.